The Morgan fingerprint density at radius 2 is 1.64 bits per heavy atom. The van der Waals surface area contributed by atoms with Crippen molar-refractivity contribution in [3.8, 4) is 5.75 Å². The largest absolute Gasteiger partial charge is 0.511 e. The molecule has 3 aromatic carbocycles. The first-order chi connectivity index (χ1) is 27.3. The summed E-state index contributed by atoms with van der Waals surface area (Å²) < 4.78 is 0. The van der Waals surface area contributed by atoms with Gasteiger partial charge in [-0.1, -0.05) is 105 Å². The number of carboxylic acid groups (broad SMARTS) is 1. The molecule has 296 valence electrons. The van der Waals surface area contributed by atoms with Gasteiger partial charge in [0.25, 0.3) is 0 Å². The molecule has 5 aliphatic rings. The Labute approximate surface area is 332 Å². The summed E-state index contributed by atoms with van der Waals surface area (Å²) in [7, 11) is 0. The number of benzene rings is 3. The SMILES string of the molecule is O=C(O)[C@H]1[C@H](CO)/C=C\C[C@H](CCCCCC[C@@H]2C=C(CO)CC2)[C@@H](c2ccc(O)cc2)Cc2ccc3c(c2)[C@]12C[C@@H]1C(O)=c4ccccc4=C[C@@H]1C[C@@H]2CC3. The van der Waals surface area contributed by atoms with Crippen LogP contribution in [-0.4, -0.2) is 44.7 Å². The van der Waals surface area contributed by atoms with E-state index >= 15 is 0 Å². The predicted octanol–water partition coefficient (Wildman–Crippen LogP) is 8.26. The van der Waals surface area contributed by atoms with Crippen LogP contribution in [0.15, 0.2) is 90.5 Å². The second-order valence-electron chi connectivity index (χ2n) is 17.9. The van der Waals surface area contributed by atoms with Crippen LogP contribution in [-0.2, 0) is 23.1 Å². The van der Waals surface area contributed by atoms with E-state index in [2.05, 4.69) is 54.6 Å². The lowest BCUT2D eigenvalue weighted by molar-refractivity contribution is -0.150. The third-order valence-electron chi connectivity index (χ3n) is 14.8. The number of unbranched alkanes of at least 4 members (excludes halogenated alkanes) is 3. The molecule has 6 nitrogen and oxygen atoms in total. The molecule has 1 fully saturated rings. The lowest BCUT2D eigenvalue weighted by atomic mass is 9.46. The molecule has 0 heterocycles. The number of carbonyl (C=O) groups is 1. The molecule has 1 saturated carbocycles. The summed E-state index contributed by atoms with van der Waals surface area (Å²) in [6, 6.07) is 22.6. The highest BCUT2D eigenvalue weighted by Crippen LogP contribution is 2.60. The zero-order valence-corrected chi connectivity index (χ0v) is 32.7. The molecule has 0 amide bonds. The van der Waals surface area contributed by atoms with Gasteiger partial charge in [0.05, 0.1) is 19.1 Å². The van der Waals surface area contributed by atoms with Gasteiger partial charge in [-0.2, -0.15) is 0 Å². The normalized spacial score (nSPS) is 31.4. The van der Waals surface area contributed by atoms with E-state index in [1.807, 2.05) is 24.3 Å². The molecule has 0 aliphatic heterocycles. The predicted molar refractivity (Wildman–Crippen MR) is 221 cm³/mol. The zero-order chi connectivity index (χ0) is 38.8. The molecule has 5 aliphatic carbocycles. The summed E-state index contributed by atoms with van der Waals surface area (Å²) in [4.78, 5) is 13.8. The van der Waals surface area contributed by atoms with Crippen LogP contribution in [0.25, 0.3) is 11.8 Å². The zero-order valence-electron chi connectivity index (χ0n) is 32.7. The molecular formula is C50H60O6. The van der Waals surface area contributed by atoms with E-state index in [0.29, 0.717) is 24.0 Å². The Kier molecular flexibility index (Phi) is 11.6. The highest BCUT2D eigenvalue weighted by Gasteiger charge is 2.59. The van der Waals surface area contributed by atoms with Crippen LogP contribution in [0.1, 0.15) is 105 Å². The van der Waals surface area contributed by atoms with Crippen LogP contribution in [0.4, 0.5) is 0 Å². The number of aliphatic carboxylic acids is 1. The van der Waals surface area contributed by atoms with E-state index in [1.54, 1.807) is 12.1 Å². The van der Waals surface area contributed by atoms with Crippen molar-refractivity contribution in [2.75, 3.05) is 13.2 Å². The summed E-state index contributed by atoms with van der Waals surface area (Å²) in [6.45, 7) is -0.0619. The molecule has 0 unspecified atom stereocenters. The van der Waals surface area contributed by atoms with Gasteiger partial charge in [-0.25, -0.2) is 0 Å². The Bertz CT molecular complexity index is 2060. The molecule has 3 aromatic rings. The number of aromatic hydroxyl groups is 1. The second kappa shape index (κ2) is 16.8. The molecule has 0 radical (unpaired) electrons. The van der Waals surface area contributed by atoms with Gasteiger partial charge in [-0.3, -0.25) is 4.79 Å². The van der Waals surface area contributed by atoms with Gasteiger partial charge in [0.15, 0.2) is 0 Å². The number of rotatable bonds is 11. The van der Waals surface area contributed by atoms with Gasteiger partial charge < -0.3 is 25.5 Å². The summed E-state index contributed by atoms with van der Waals surface area (Å²) in [5.41, 5.74) is 5.14. The quantitative estimate of drug-likeness (QED) is 0.0994. The number of hydrogen-bond donors (Lipinski definition) is 5. The first-order valence-electron chi connectivity index (χ1n) is 21.5. The van der Waals surface area contributed by atoms with Crippen molar-refractivity contribution in [3.63, 3.8) is 0 Å². The highest BCUT2D eigenvalue weighted by molar-refractivity contribution is 5.74. The summed E-state index contributed by atoms with van der Waals surface area (Å²) in [5.74, 6) is -0.560. The Hall–Kier alpha value is -4.13. The molecule has 5 N–H and O–H groups in total. The molecule has 6 heteroatoms. The molecule has 2 bridgehead atoms. The fourth-order valence-electron chi connectivity index (χ4n) is 12.1. The number of aliphatic hydroxyl groups is 3. The van der Waals surface area contributed by atoms with Crippen molar-refractivity contribution in [3.05, 3.63) is 123 Å². The average molecular weight is 757 g/mol. The molecule has 56 heavy (non-hydrogen) atoms. The lowest BCUT2D eigenvalue weighted by Crippen LogP contribution is -2.57. The number of aliphatic hydroxyl groups excluding tert-OH is 3. The van der Waals surface area contributed by atoms with Crippen LogP contribution in [0.3, 0.4) is 0 Å². The van der Waals surface area contributed by atoms with Gasteiger partial charge in [0, 0.05) is 22.5 Å². The third kappa shape index (κ3) is 7.52. The van der Waals surface area contributed by atoms with Crippen LogP contribution < -0.4 is 10.4 Å². The first-order valence-corrected chi connectivity index (χ1v) is 21.5. The van der Waals surface area contributed by atoms with Crippen LogP contribution in [0, 0.1) is 41.4 Å². The number of carboxylic acids is 1. The van der Waals surface area contributed by atoms with Crippen LogP contribution >= 0.6 is 0 Å². The summed E-state index contributed by atoms with van der Waals surface area (Å²) in [6.07, 6.45) is 22.5. The minimum atomic E-state index is -0.869. The van der Waals surface area contributed by atoms with Gasteiger partial charge in [0.2, 0.25) is 0 Å². The van der Waals surface area contributed by atoms with Crippen molar-refractivity contribution in [1.82, 2.24) is 0 Å². The minimum Gasteiger partial charge on any atom is -0.511 e. The third-order valence-corrected chi connectivity index (χ3v) is 14.8. The molecule has 0 aromatic heterocycles. The van der Waals surface area contributed by atoms with Gasteiger partial charge >= 0.3 is 5.97 Å². The molecule has 1 spiro atoms. The fraction of sp³-hybridized carbons (Fsp3) is 0.500. The van der Waals surface area contributed by atoms with Crippen molar-refractivity contribution >= 4 is 17.8 Å². The average Bonchev–Trinajstić information content (AvgIpc) is 3.67. The summed E-state index contributed by atoms with van der Waals surface area (Å²) in [5, 5.41) is 56.1. The van der Waals surface area contributed by atoms with E-state index in [-0.39, 0.29) is 42.6 Å². The molecule has 9 atom stereocenters. The first kappa shape index (κ1) is 38.7. The van der Waals surface area contributed by atoms with E-state index in [1.165, 1.54) is 41.5 Å². The number of phenolic OH excluding ortho intramolecular Hbond substituents is 1. The van der Waals surface area contributed by atoms with Gasteiger partial charge in [-0.15, -0.1) is 0 Å². The topological polar surface area (TPSA) is 118 Å². The maximum absolute atomic E-state index is 13.8. The Morgan fingerprint density at radius 1 is 0.839 bits per heavy atom. The molecule has 8 rings (SSSR count). The minimum absolute atomic E-state index is 0.0920. The maximum Gasteiger partial charge on any atom is 0.308 e. The van der Waals surface area contributed by atoms with Gasteiger partial charge in [0.1, 0.15) is 11.5 Å². The number of fused-ring (bicyclic) bond motifs is 3. The van der Waals surface area contributed by atoms with Crippen molar-refractivity contribution in [2.45, 2.75) is 101 Å². The molecule has 0 saturated heterocycles. The summed E-state index contributed by atoms with van der Waals surface area (Å²) >= 11 is 0. The Morgan fingerprint density at radius 3 is 2.41 bits per heavy atom. The number of phenols is 1. The number of aryl methyl sites for hydroxylation is 1. The Balaban J connectivity index is 1.14. The van der Waals surface area contributed by atoms with Gasteiger partial charge in [-0.05, 0) is 139 Å². The fourth-order valence-corrected chi connectivity index (χ4v) is 12.1. The second-order valence-corrected chi connectivity index (χ2v) is 17.9. The number of allylic oxidation sites excluding steroid dienone is 2. The van der Waals surface area contributed by atoms with E-state index < -0.39 is 23.2 Å². The van der Waals surface area contributed by atoms with Crippen LogP contribution in [0.2, 0.25) is 0 Å². The maximum atomic E-state index is 13.8. The van der Waals surface area contributed by atoms with Crippen LogP contribution in [0.5, 0.6) is 5.75 Å². The van der Waals surface area contributed by atoms with E-state index in [4.69, 9.17) is 0 Å². The standard InChI is InChI=1S/C50H60O6/c51-30-34-15-14-32(24-34)8-3-1-2-4-9-35-11-7-12-39(31-52)47(49(55)56)50-29-45-40(27-38-10-5-6-13-43(38)48(45)54)28-41(50)21-18-37-17-16-33(26-46(37)50)25-44(35)36-19-22-42(53)23-20-36/h5-7,10,12-13,16-17,19-20,22-24,26-27,32,35,39-41,44-45,47,51-54H,1-4,8-9,11,14-15,18,21,25,28-31H2,(H,55,56)/b12-7-/t32-,35-,39-,40+,41-,44-,45-,47+,50+/m0/s1. The van der Waals surface area contributed by atoms with Crippen molar-refractivity contribution in [1.29, 1.82) is 0 Å². The van der Waals surface area contributed by atoms with E-state index in [0.717, 1.165) is 80.2 Å². The monoisotopic (exact) mass is 756 g/mol. The van der Waals surface area contributed by atoms with E-state index in [9.17, 15) is 30.3 Å². The van der Waals surface area contributed by atoms with Crippen molar-refractivity contribution < 1.29 is 30.3 Å². The molecular weight excluding hydrogens is 697 g/mol. The lowest BCUT2D eigenvalue weighted by Gasteiger charge is -2.57. The smallest absolute Gasteiger partial charge is 0.308 e. The van der Waals surface area contributed by atoms with Crippen molar-refractivity contribution in [2.24, 2.45) is 41.4 Å². The number of hydrogen-bond acceptors (Lipinski definition) is 5. The highest BCUT2D eigenvalue weighted by atomic mass is 16.4.